The van der Waals surface area contributed by atoms with Crippen molar-refractivity contribution in [3.8, 4) is 5.69 Å². The normalized spacial score (nSPS) is 11.6. The number of non-ortho nitro benzene ring substituents is 1. The van der Waals surface area contributed by atoms with E-state index in [4.69, 9.17) is 16.2 Å². The van der Waals surface area contributed by atoms with E-state index < -0.39 is 19.9 Å². The first-order valence-corrected chi connectivity index (χ1v) is 7.01. The van der Waals surface area contributed by atoms with Gasteiger partial charge in [-0.05, 0) is 19.1 Å². The molecule has 1 aromatic heterocycles. The molecule has 2 aromatic rings. The summed E-state index contributed by atoms with van der Waals surface area (Å²) < 4.78 is 32.5. The summed E-state index contributed by atoms with van der Waals surface area (Å²) in [5, 5.41) is 14.2. The largest absolute Gasteiger partial charge is 0.299 e. The number of nitro groups is 1. The van der Waals surface area contributed by atoms with Gasteiger partial charge in [-0.2, -0.15) is 13.5 Å². The zero-order valence-corrected chi connectivity index (χ0v) is 11.6. The summed E-state index contributed by atoms with van der Waals surface area (Å²) in [7, 11) is -4.50. The van der Waals surface area contributed by atoms with Gasteiger partial charge in [0.1, 0.15) is 0 Å². The number of nitrogens with zero attached hydrogens (tertiary/aromatic N) is 3. The van der Waals surface area contributed by atoms with Crippen LogP contribution >= 0.6 is 11.6 Å². The lowest BCUT2D eigenvalue weighted by atomic mass is 10.3. The van der Waals surface area contributed by atoms with Crippen LogP contribution in [0.4, 0.5) is 5.69 Å². The predicted octanol–water partition coefficient (Wildman–Crippen LogP) is 1.99. The minimum Gasteiger partial charge on any atom is -0.282 e. The Kier molecular flexibility index (Phi) is 3.50. The molecule has 0 amide bonds. The molecular weight excluding hydrogens is 310 g/mol. The molecule has 0 spiro atoms. The van der Waals surface area contributed by atoms with Crippen molar-refractivity contribution in [2.75, 3.05) is 0 Å². The van der Waals surface area contributed by atoms with Crippen LogP contribution < -0.4 is 0 Å². The quantitative estimate of drug-likeness (QED) is 0.526. The number of aromatic nitrogens is 2. The zero-order chi connectivity index (χ0) is 15.1. The standard InChI is InChI=1S/C10H8ClN3O5S/c1-6-9(20(17,18)19)10(11)13(12-6)7-2-4-8(5-3-7)14(15)16/h2-5H,1H3,(H,17,18,19). The maximum absolute atomic E-state index is 11.2. The van der Waals surface area contributed by atoms with Gasteiger partial charge in [-0.1, -0.05) is 11.6 Å². The number of hydrogen-bond donors (Lipinski definition) is 1. The van der Waals surface area contributed by atoms with Gasteiger partial charge in [0.25, 0.3) is 15.8 Å². The Bertz CT molecular complexity index is 782. The molecule has 0 saturated carbocycles. The van der Waals surface area contributed by atoms with Gasteiger partial charge in [-0.25, -0.2) is 4.68 Å². The van der Waals surface area contributed by atoms with Crippen LogP contribution in [0.5, 0.6) is 0 Å². The van der Waals surface area contributed by atoms with Crippen molar-refractivity contribution < 1.29 is 17.9 Å². The van der Waals surface area contributed by atoms with Crippen LogP contribution in [0.3, 0.4) is 0 Å². The predicted molar refractivity (Wildman–Crippen MR) is 69.8 cm³/mol. The minimum atomic E-state index is -4.50. The average Bonchev–Trinajstić information content (AvgIpc) is 2.64. The zero-order valence-electron chi connectivity index (χ0n) is 10.0. The van der Waals surface area contributed by atoms with Crippen molar-refractivity contribution in [1.82, 2.24) is 9.78 Å². The highest BCUT2D eigenvalue weighted by molar-refractivity contribution is 7.86. The Morgan fingerprint density at radius 1 is 1.35 bits per heavy atom. The molecule has 0 unspecified atom stereocenters. The second-order valence-corrected chi connectivity index (χ2v) is 5.58. The molecule has 8 nitrogen and oxygen atoms in total. The van der Waals surface area contributed by atoms with Gasteiger partial charge in [0.05, 0.1) is 16.3 Å². The SMILES string of the molecule is Cc1nn(-c2ccc([N+](=O)[O-])cc2)c(Cl)c1S(=O)(=O)O. The Morgan fingerprint density at radius 2 is 1.90 bits per heavy atom. The molecule has 10 heteroatoms. The number of hydrogen-bond acceptors (Lipinski definition) is 5. The van der Waals surface area contributed by atoms with E-state index in [2.05, 4.69) is 5.10 Å². The van der Waals surface area contributed by atoms with Gasteiger partial charge >= 0.3 is 0 Å². The molecular formula is C10H8ClN3O5S. The van der Waals surface area contributed by atoms with E-state index in [1.807, 2.05) is 0 Å². The van der Waals surface area contributed by atoms with E-state index in [-0.39, 0.29) is 16.5 Å². The van der Waals surface area contributed by atoms with E-state index in [0.29, 0.717) is 5.69 Å². The van der Waals surface area contributed by atoms with Crippen LogP contribution in [0.2, 0.25) is 5.15 Å². The number of benzene rings is 1. The summed E-state index contributed by atoms with van der Waals surface area (Å²) in [6.45, 7) is 1.37. The van der Waals surface area contributed by atoms with Crippen LogP contribution in [0, 0.1) is 17.0 Å². The molecule has 0 radical (unpaired) electrons. The monoisotopic (exact) mass is 317 g/mol. The van der Waals surface area contributed by atoms with Gasteiger partial charge in [0.15, 0.2) is 10.0 Å². The lowest BCUT2D eigenvalue weighted by Gasteiger charge is -2.02. The third kappa shape index (κ3) is 2.50. The molecule has 0 aliphatic heterocycles. The van der Waals surface area contributed by atoms with Gasteiger partial charge in [0.2, 0.25) is 0 Å². The summed E-state index contributed by atoms with van der Waals surface area (Å²) >= 11 is 5.88. The van der Waals surface area contributed by atoms with E-state index in [0.717, 1.165) is 4.68 Å². The fraction of sp³-hybridized carbons (Fsp3) is 0.100. The van der Waals surface area contributed by atoms with Crippen LogP contribution in [-0.2, 0) is 10.1 Å². The lowest BCUT2D eigenvalue weighted by molar-refractivity contribution is -0.384. The Hall–Kier alpha value is -1.97. The molecule has 1 aromatic carbocycles. The maximum atomic E-state index is 11.2. The maximum Gasteiger partial charge on any atom is 0.299 e. The minimum absolute atomic E-state index is 0.0239. The third-order valence-corrected chi connectivity index (χ3v) is 3.98. The topological polar surface area (TPSA) is 115 Å². The second kappa shape index (κ2) is 4.85. The Labute approximate surface area is 118 Å². The molecule has 2 rings (SSSR count). The summed E-state index contributed by atoms with van der Waals surface area (Å²) in [6, 6.07) is 5.19. The molecule has 0 fully saturated rings. The smallest absolute Gasteiger partial charge is 0.282 e. The molecule has 0 saturated heterocycles. The number of nitro benzene ring substituents is 1. The first kappa shape index (κ1) is 14.4. The van der Waals surface area contributed by atoms with Crippen molar-refractivity contribution in [3.05, 3.63) is 45.2 Å². The van der Waals surface area contributed by atoms with Gasteiger partial charge in [-0.3, -0.25) is 14.7 Å². The second-order valence-electron chi connectivity index (χ2n) is 3.87. The van der Waals surface area contributed by atoms with Gasteiger partial charge in [0, 0.05) is 12.1 Å². The van der Waals surface area contributed by atoms with Gasteiger partial charge < -0.3 is 0 Å². The number of halogens is 1. The molecule has 20 heavy (non-hydrogen) atoms. The fourth-order valence-corrected chi connectivity index (χ4v) is 2.94. The van der Waals surface area contributed by atoms with Crippen molar-refractivity contribution in [2.45, 2.75) is 11.8 Å². The summed E-state index contributed by atoms with van der Waals surface area (Å²) in [5.41, 5.74) is 0.234. The molecule has 1 heterocycles. The molecule has 0 aliphatic carbocycles. The van der Waals surface area contributed by atoms with Crippen LogP contribution in [-0.4, -0.2) is 27.7 Å². The van der Waals surface area contributed by atoms with Crippen LogP contribution in [0.15, 0.2) is 29.2 Å². The third-order valence-electron chi connectivity index (χ3n) is 2.51. The van der Waals surface area contributed by atoms with Crippen molar-refractivity contribution in [1.29, 1.82) is 0 Å². The summed E-state index contributed by atoms with van der Waals surface area (Å²) in [5.74, 6) is 0. The highest BCUT2D eigenvalue weighted by Gasteiger charge is 2.24. The van der Waals surface area contributed by atoms with Crippen molar-refractivity contribution in [3.63, 3.8) is 0 Å². The van der Waals surface area contributed by atoms with E-state index in [1.165, 1.54) is 31.2 Å². The number of aryl methyl sites for hydroxylation is 1. The molecule has 1 N–H and O–H groups in total. The van der Waals surface area contributed by atoms with E-state index in [1.54, 1.807) is 0 Å². The molecule has 106 valence electrons. The first-order chi connectivity index (χ1) is 9.21. The van der Waals surface area contributed by atoms with E-state index in [9.17, 15) is 18.5 Å². The fourth-order valence-electron chi connectivity index (χ4n) is 1.66. The Balaban J connectivity index is 2.57. The van der Waals surface area contributed by atoms with Crippen LogP contribution in [0.1, 0.15) is 5.69 Å². The highest BCUT2D eigenvalue weighted by atomic mass is 35.5. The first-order valence-electron chi connectivity index (χ1n) is 5.19. The van der Waals surface area contributed by atoms with Crippen molar-refractivity contribution >= 4 is 27.4 Å². The summed E-state index contributed by atoms with van der Waals surface area (Å²) in [4.78, 5) is 9.50. The Morgan fingerprint density at radius 3 is 2.30 bits per heavy atom. The molecule has 0 bridgehead atoms. The van der Waals surface area contributed by atoms with Crippen LogP contribution in [0.25, 0.3) is 5.69 Å². The molecule has 0 atom stereocenters. The number of rotatable bonds is 3. The lowest BCUT2D eigenvalue weighted by Crippen LogP contribution is -2.00. The van der Waals surface area contributed by atoms with E-state index >= 15 is 0 Å². The average molecular weight is 318 g/mol. The van der Waals surface area contributed by atoms with Crippen molar-refractivity contribution in [2.24, 2.45) is 0 Å². The van der Waals surface area contributed by atoms with Gasteiger partial charge in [-0.15, -0.1) is 0 Å². The summed E-state index contributed by atoms with van der Waals surface area (Å²) in [6.07, 6.45) is 0. The highest BCUT2D eigenvalue weighted by Crippen LogP contribution is 2.27. The molecule has 0 aliphatic rings.